The molecule has 3 nitrogen and oxygen atoms in total. The van der Waals surface area contributed by atoms with E-state index in [-0.39, 0.29) is 0 Å². The Morgan fingerprint density at radius 2 is 1.30 bits per heavy atom. The van der Waals surface area contributed by atoms with Crippen molar-refractivity contribution in [2.45, 2.75) is 71.1 Å². The van der Waals surface area contributed by atoms with Crippen molar-refractivity contribution in [3.05, 3.63) is 0 Å². The number of nitrogens with two attached hydrogens (primary N) is 1. The van der Waals surface area contributed by atoms with Gasteiger partial charge in [-0.1, -0.05) is 64.7 Å². The minimum atomic E-state index is 0.738. The minimum Gasteiger partial charge on any atom is -0.329 e. The van der Waals surface area contributed by atoms with E-state index in [9.17, 15) is 0 Å². The Morgan fingerprint density at radius 1 is 0.750 bits per heavy atom. The smallest absolute Gasteiger partial charge is 0.0104 e. The Balaban J connectivity index is 3.07. The standard InChI is InChI=1S/C17H39N3/c1-3-4-5-6-7-8-9-10-11-12-16-20(2)17-15-19-14-13-18/h19H,3-18H2,1-2H3. The summed E-state index contributed by atoms with van der Waals surface area (Å²) in [5.41, 5.74) is 5.44. The van der Waals surface area contributed by atoms with Gasteiger partial charge in [0.2, 0.25) is 0 Å². The van der Waals surface area contributed by atoms with Gasteiger partial charge in [-0.3, -0.25) is 0 Å². The van der Waals surface area contributed by atoms with Crippen LogP contribution in [0.1, 0.15) is 71.1 Å². The van der Waals surface area contributed by atoms with Crippen molar-refractivity contribution in [2.75, 3.05) is 39.8 Å². The van der Waals surface area contributed by atoms with Crippen molar-refractivity contribution in [3.63, 3.8) is 0 Å². The second-order valence-electron chi connectivity index (χ2n) is 6.02. The molecule has 0 saturated heterocycles. The highest BCUT2D eigenvalue weighted by Gasteiger charge is 1.98. The quantitative estimate of drug-likeness (QED) is 0.427. The first-order chi connectivity index (χ1) is 9.81. The zero-order valence-electron chi connectivity index (χ0n) is 14.1. The zero-order valence-corrected chi connectivity index (χ0v) is 14.1. The summed E-state index contributed by atoms with van der Waals surface area (Å²) in [5, 5.41) is 3.34. The first-order valence-corrected chi connectivity index (χ1v) is 8.90. The molecule has 0 fully saturated rings. The summed E-state index contributed by atoms with van der Waals surface area (Å²) < 4.78 is 0. The molecule has 0 rings (SSSR count). The van der Waals surface area contributed by atoms with Gasteiger partial charge in [-0.05, 0) is 20.0 Å². The van der Waals surface area contributed by atoms with E-state index >= 15 is 0 Å². The van der Waals surface area contributed by atoms with E-state index in [1.807, 2.05) is 0 Å². The van der Waals surface area contributed by atoms with E-state index in [0.29, 0.717) is 0 Å². The Bertz CT molecular complexity index is 174. The normalized spacial score (nSPS) is 11.4. The van der Waals surface area contributed by atoms with Crippen LogP contribution in [0.2, 0.25) is 0 Å². The summed E-state index contributed by atoms with van der Waals surface area (Å²) in [6.45, 7) is 7.39. The van der Waals surface area contributed by atoms with Gasteiger partial charge < -0.3 is 16.0 Å². The molecule has 122 valence electrons. The third kappa shape index (κ3) is 15.9. The number of nitrogens with one attached hydrogen (secondary N) is 1. The highest BCUT2D eigenvalue weighted by molar-refractivity contribution is 4.56. The molecule has 0 radical (unpaired) electrons. The monoisotopic (exact) mass is 285 g/mol. The lowest BCUT2D eigenvalue weighted by Crippen LogP contribution is -2.32. The number of hydrogen-bond donors (Lipinski definition) is 2. The average molecular weight is 286 g/mol. The highest BCUT2D eigenvalue weighted by atomic mass is 15.1. The van der Waals surface area contributed by atoms with Crippen molar-refractivity contribution in [3.8, 4) is 0 Å². The van der Waals surface area contributed by atoms with Crippen LogP contribution in [-0.2, 0) is 0 Å². The van der Waals surface area contributed by atoms with Gasteiger partial charge in [0.25, 0.3) is 0 Å². The molecule has 0 aliphatic heterocycles. The molecule has 0 aliphatic rings. The Morgan fingerprint density at radius 3 is 1.85 bits per heavy atom. The Kier molecular flexibility index (Phi) is 16.8. The molecule has 0 unspecified atom stereocenters. The molecule has 0 saturated carbocycles. The number of hydrogen-bond acceptors (Lipinski definition) is 3. The molecule has 20 heavy (non-hydrogen) atoms. The SMILES string of the molecule is CCCCCCCCCCCCN(C)CCNCCN. The van der Waals surface area contributed by atoms with Crippen LogP contribution in [0.15, 0.2) is 0 Å². The van der Waals surface area contributed by atoms with E-state index in [1.54, 1.807) is 0 Å². The molecule has 0 aliphatic carbocycles. The van der Waals surface area contributed by atoms with Gasteiger partial charge in [0.15, 0.2) is 0 Å². The van der Waals surface area contributed by atoms with E-state index in [2.05, 4.69) is 24.2 Å². The zero-order chi connectivity index (χ0) is 14.9. The predicted molar refractivity (Wildman–Crippen MR) is 91.3 cm³/mol. The Hall–Kier alpha value is -0.120. The van der Waals surface area contributed by atoms with E-state index in [4.69, 9.17) is 5.73 Å². The summed E-state index contributed by atoms with van der Waals surface area (Å²) in [5.74, 6) is 0. The summed E-state index contributed by atoms with van der Waals surface area (Å²) in [6.07, 6.45) is 14.2. The van der Waals surface area contributed by atoms with Gasteiger partial charge in [-0.2, -0.15) is 0 Å². The second kappa shape index (κ2) is 16.9. The maximum Gasteiger partial charge on any atom is 0.0104 e. The molecule has 0 atom stereocenters. The van der Waals surface area contributed by atoms with Crippen LogP contribution in [0.5, 0.6) is 0 Å². The van der Waals surface area contributed by atoms with Gasteiger partial charge in [-0.25, -0.2) is 0 Å². The molecule has 3 N–H and O–H groups in total. The molecular weight excluding hydrogens is 246 g/mol. The fourth-order valence-corrected chi connectivity index (χ4v) is 2.48. The number of nitrogens with zero attached hydrogens (tertiary/aromatic N) is 1. The highest BCUT2D eigenvalue weighted by Crippen LogP contribution is 2.10. The molecule has 0 aromatic carbocycles. The van der Waals surface area contributed by atoms with E-state index in [1.165, 1.54) is 70.8 Å². The molecule has 0 heterocycles. The minimum absolute atomic E-state index is 0.738. The van der Waals surface area contributed by atoms with Gasteiger partial charge >= 0.3 is 0 Å². The van der Waals surface area contributed by atoms with Crippen LogP contribution >= 0.6 is 0 Å². The molecule has 0 amide bonds. The Labute approximate surface area is 127 Å². The van der Waals surface area contributed by atoms with Gasteiger partial charge in [0.05, 0.1) is 0 Å². The van der Waals surface area contributed by atoms with E-state index in [0.717, 1.165) is 26.2 Å². The maximum atomic E-state index is 5.44. The average Bonchev–Trinajstić information content (AvgIpc) is 2.45. The molecule has 0 spiro atoms. The van der Waals surface area contributed by atoms with Gasteiger partial charge in [-0.15, -0.1) is 0 Å². The van der Waals surface area contributed by atoms with Crippen molar-refractivity contribution in [1.82, 2.24) is 10.2 Å². The number of rotatable bonds is 16. The van der Waals surface area contributed by atoms with Crippen LogP contribution in [0.3, 0.4) is 0 Å². The summed E-state index contributed by atoms with van der Waals surface area (Å²) >= 11 is 0. The fraction of sp³-hybridized carbons (Fsp3) is 1.00. The van der Waals surface area contributed by atoms with E-state index < -0.39 is 0 Å². The van der Waals surface area contributed by atoms with Crippen molar-refractivity contribution < 1.29 is 0 Å². The summed E-state index contributed by atoms with van der Waals surface area (Å²) in [7, 11) is 2.22. The van der Waals surface area contributed by atoms with Crippen LogP contribution in [0, 0.1) is 0 Å². The van der Waals surface area contributed by atoms with Crippen molar-refractivity contribution in [1.29, 1.82) is 0 Å². The number of likely N-dealkylation sites (N-methyl/N-ethyl adjacent to an activating group) is 1. The number of unbranched alkanes of at least 4 members (excludes halogenated alkanes) is 9. The van der Waals surface area contributed by atoms with Crippen LogP contribution < -0.4 is 11.1 Å². The molecule has 0 bridgehead atoms. The van der Waals surface area contributed by atoms with Gasteiger partial charge in [0.1, 0.15) is 0 Å². The fourth-order valence-electron chi connectivity index (χ4n) is 2.48. The summed E-state index contributed by atoms with van der Waals surface area (Å²) in [4.78, 5) is 2.42. The lowest BCUT2D eigenvalue weighted by molar-refractivity contribution is 0.322. The third-order valence-corrected chi connectivity index (χ3v) is 3.88. The summed E-state index contributed by atoms with van der Waals surface area (Å²) in [6, 6.07) is 0. The van der Waals surface area contributed by atoms with Crippen molar-refractivity contribution in [2.24, 2.45) is 5.73 Å². The molecule has 0 aromatic rings. The largest absolute Gasteiger partial charge is 0.329 e. The molecule has 3 heteroatoms. The molecular formula is C17H39N3. The first-order valence-electron chi connectivity index (χ1n) is 8.90. The molecule has 0 aromatic heterocycles. The second-order valence-corrected chi connectivity index (χ2v) is 6.02. The first kappa shape index (κ1) is 19.9. The van der Waals surface area contributed by atoms with Crippen LogP contribution in [0.4, 0.5) is 0 Å². The van der Waals surface area contributed by atoms with Crippen LogP contribution in [0.25, 0.3) is 0 Å². The van der Waals surface area contributed by atoms with Crippen LogP contribution in [-0.4, -0.2) is 44.7 Å². The predicted octanol–water partition coefficient (Wildman–Crippen LogP) is 3.39. The van der Waals surface area contributed by atoms with Crippen molar-refractivity contribution >= 4 is 0 Å². The topological polar surface area (TPSA) is 41.3 Å². The van der Waals surface area contributed by atoms with Gasteiger partial charge in [0, 0.05) is 26.2 Å². The third-order valence-electron chi connectivity index (χ3n) is 3.88. The lowest BCUT2D eigenvalue weighted by Gasteiger charge is -2.16. The maximum absolute atomic E-state index is 5.44. The lowest BCUT2D eigenvalue weighted by atomic mass is 10.1.